The first-order valence-corrected chi connectivity index (χ1v) is 5.33. The molecule has 0 rings (SSSR count). The lowest BCUT2D eigenvalue weighted by atomic mass is 10.2. The Balaban J connectivity index is 2.99. The number of halogens is 2. The van der Waals surface area contributed by atoms with Crippen molar-refractivity contribution in [2.45, 2.75) is 32.1 Å². The van der Waals surface area contributed by atoms with Crippen molar-refractivity contribution in [3.05, 3.63) is 0 Å². The first-order valence-electron chi connectivity index (χ1n) is 4.57. The lowest BCUT2D eigenvalue weighted by molar-refractivity contribution is -0.112. The second-order valence-corrected chi connectivity index (χ2v) is 3.73. The molecule has 0 aliphatic heterocycles. The minimum atomic E-state index is -0.332. The van der Waals surface area contributed by atoms with Gasteiger partial charge in [-0.1, -0.05) is 0 Å². The average molecular weight is 241 g/mol. The van der Waals surface area contributed by atoms with E-state index in [1.54, 1.807) is 0 Å². The van der Waals surface area contributed by atoms with Gasteiger partial charge >= 0.3 is 0 Å². The predicted octanol–water partition coefficient (Wildman–Crippen LogP) is 2.48. The molecule has 0 atom stereocenters. The summed E-state index contributed by atoms with van der Waals surface area (Å²) < 4.78 is 5.20. The molecule has 0 N–H and O–H groups in total. The quantitative estimate of drug-likeness (QED) is 0.460. The molecule has 0 amide bonds. The Hall–Kier alpha value is -0.120. The molecule has 0 saturated carbocycles. The van der Waals surface area contributed by atoms with E-state index in [9.17, 15) is 9.59 Å². The molecule has 0 aliphatic carbocycles. The molecule has 5 heteroatoms. The van der Waals surface area contributed by atoms with Crippen LogP contribution in [0.1, 0.15) is 32.1 Å². The second-order valence-electron chi connectivity index (χ2n) is 2.88. The molecule has 3 nitrogen and oxygen atoms in total. The smallest absolute Gasteiger partial charge is 0.221 e. The maximum Gasteiger partial charge on any atom is 0.221 e. The van der Waals surface area contributed by atoms with Gasteiger partial charge in [0.1, 0.15) is 0 Å². The third-order valence-electron chi connectivity index (χ3n) is 1.57. The zero-order valence-electron chi connectivity index (χ0n) is 7.93. The van der Waals surface area contributed by atoms with Crippen molar-refractivity contribution in [3.8, 4) is 0 Å². The van der Waals surface area contributed by atoms with Crippen molar-refractivity contribution in [2.75, 3.05) is 13.2 Å². The fraction of sp³-hybridized carbons (Fsp3) is 0.778. The molecule has 0 bridgehead atoms. The van der Waals surface area contributed by atoms with Crippen LogP contribution in [0, 0.1) is 0 Å². The molecule has 0 aliphatic rings. The third-order valence-corrected chi connectivity index (χ3v) is 1.95. The Morgan fingerprint density at radius 1 is 0.857 bits per heavy atom. The summed E-state index contributed by atoms with van der Waals surface area (Å²) in [7, 11) is 0. The van der Waals surface area contributed by atoms with Crippen LogP contribution in [0.25, 0.3) is 0 Å². The summed E-state index contributed by atoms with van der Waals surface area (Å²) in [5.41, 5.74) is 0. The molecular weight excluding hydrogens is 227 g/mol. The van der Waals surface area contributed by atoms with Crippen molar-refractivity contribution >= 4 is 33.7 Å². The van der Waals surface area contributed by atoms with Gasteiger partial charge in [-0.15, -0.1) is 0 Å². The molecule has 0 saturated heterocycles. The zero-order valence-corrected chi connectivity index (χ0v) is 9.44. The van der Waals surface area contributed by atoms with Gasteiger partial charge < -0.3 is 4.74 Å². The van der Waals surface area contributed by atoms with Gasteiger partial charge in [0.2, 0.25) is 10.5 Å². The molecule has 14 heavy (non-hydrogen) atoms. The van der Waals surface area contributed by atoms with E-state index in [0.717, 1.165) is 12.8 Å². The van der Waals surface area contributed by atoms with E-state index in [1.807, 2.05) is 0 Å². The maximum absolute atomic E-state index is 10.3. The highest BCUT2D eigenvalue weighted by atomic mass is 35.5. The fourth-order valence-electron chi connectivity index (χ4n) is 0.883. The highest BCUT2D eigenvalue weighted by Crippen LogP contribution is 2.00. The summed E-state index contributed by atoms with van der Waals surface area (Å²) in [6.07, 6.45) is 2.95. The van der Waals surface area contributed by atoms with Crippen molar-refractivity contribution < 1.29 is 14.3 Å². The summed E-state index contributed by atoms with van der Waals surface area (Å²) in [5.74, 6) is 0. The first kappa shape index (κ1) is 13.9. The average Bonchev–Trinajstić information content (AvgIpc) is 2.08. The van der Waals surface area contributed by atoms with Gasteiger partial charge in [-0.3, -0.25) is 9.59 Å². The molecule has 82 valence electrons. The van der Waals surface area contributed by atoms with Crippen LogP contribution in [0.5, 0.6) is 0 Å². The van der Waals surface area contributed by atoms with Gasteiger partial charge in [-0.2, -0.15) is 0 Å². The summed E-state index contributed by atoms with van der Waals surface area (Å²) >= 11 is 10.3. The van der Waals surface area contributed by atoms with Gasteiger partial charge in [0.15, 0.2) is 0 Å². The zero-order chi connectivity index (χ0) is 10.8. The van der Waals surface area contributed by atoms with Gasteiger partial charge in [-0.25, -0.2) is 0 Å². The standard InChI is InChI=1S/C9H14Cl2O3/c10-8(12)4-1-2-6-14-7-3-5-9(11)13/h1-7H2. The summed E-state index contributed by atoms with van der Waals surface area (Å²) in [6.45, 7) is 1.13. The van der Waals surface area contributed by atoms with Crippen molar-refractivity contribution in [1.82, 2.24) is 0 Å². The molecule has 0 spiro atoms. The minimum Gasteiger partial charge on any atom is -0.381 e. The minimum absolute atomic E-state index is 0.308. The topological polar surface area (TPSA) is 43.4 Å². The highest BCUT2D eigenvalue weighted by molar-refractivity contribution is 6.63. The van der Waals surface area contributed by atoms with Crippen LogP contribution in [0.4, 0.5) is 0 Å². The fourth-order valence-corrected chi connectivity index (χ4v) is 1.15. The van der Waals surface area contributed by atoms with Crippen LogP contribution in [0.3, 0.4) is 0 Å². The predicted molar refractivity (Wildman–Crippen MR) is 55.6 cm³/mol. The van der Waals surface area contributed by atoms with Gasteiger partial charge in [0.05, 0.1) is 0 Å². The van der Waals surface area contributed by atoms with E-state index < -0.39 is 0 Å². The van der Waals surface area contributed by atoms with Crippen LogP contribution in [0.2, 0.25) is 0 Å². The molecule has 0 heterocycles. The van der Waals surface area contributed by atoms with Crippen LogP contribution >= 0.6 is 23.2 Å². The summed E-state index contributed by atoms with van der Waals surface area (Å²) in [5, 5.41) is -0.640. The number of rotatable bonds is 9. The van der Waals surface area contributed by atoms with E-state index in [0.29, 0.717) is 32.5 Å². The molecule has 0 aromatic heterocycles. The third kappa shape index (κ3) is 11.9. The number of unbranched alkanes of at least 4 members (excludes halogenated alkanes) is 1. The van der Waals surface area contributed by atoms with E-state index in [-0.39, 0.29) is 10.5 Å². The second kappa shape index (κ2) is 9.44. The Bertz CT molecular complexity index is 163. The van der Waals surface area contributed by atoms with E-state index in [1.165, 1.54) is 0 Å². The number of hydrogen-bond donors (Lipinski definition) is 0. The van der Waals surface area contributed by atoms with Crippen LogP contribution < -0.4 is 0 Å². The van der Waals surface area contributed by atoms with Crippen molar-refractivity contribution in [1.29, 1.82) is 0 Å². The number of carbonyl (C=O) groups excluding carboxylic acids is 2. The summed E-state index contributed by atoms with van der Waals surface area (Å²) in [4.78, 5) is 20.6. The van der Waals surface area contributed by atoms with Crippen molar-refractivity contribution in [3.63, 3.8) is 0 Å². The Morgan fingerprint density at radius 2 is 1.36 bits per heavy atom. The van der Waals surface area contributed by atoms with E-state index >= 15 is 0 Å². The molecule has 0 aromatic rings. The van der Waals surface area contributed by atoms with E-state index in [2.05, 4.69) is 0 Å². The van der Waals surface area contributed by atoms with Crippen LogP contribution in [-0.4, -0.2) is 23.7 Å². The Kier molecular flexibility index (Phi) is 9.35. The normalized spacial score (nSPS) is 10.1. The largest absolute Gasteiger partial charge is 0.381 e. The van der Waals surface area contributed by atoms with Crippen LogP contribution in [0.15, 0.2) is 0 Å². The van der Waals surface area contributed by atoms with Crippen molar-refractivity contribution in [2.24, 2.45) is 0 Å². The van der Waals surface area contributed by atoms with E-state index in [4.69, 9.17) is 27.9 Å². The van der Waals surface area contributed by atoms with Crippen LogP contribution in [-0.2, 0) is 14.3 Å². The Labute approximate surface area is 93.7 Å². The lowest BCUT2D eigenvalue weighted by Gasteiger charge is -2.01. The number of ether oxygens (including phenoxy) is 1. The molecule has 0 aromatic carbocycles. The maximum atomic E-state index is 10.3. The van der Waals surface area contributed by atoms with Gasteiger partial charge in [-0.05, 0) is 42.5 Å². The molecule has 0 unspecified atom stereocenters. The number of hydrogen-bond acceptors (Lipinski definition) is 3. The molecule has 0 radical (unpaired) electrons. The molecular formula is C9H14Cl2O3. The number of carbonyl (C=O) groups is 2. The summed E-state index contributed by atoms with van der Waals surface area (Å²) in [6, 6.07) is 0. The Morgan fingerprint density at radius 3 is 1.93 bits per heavy atom. The lowest BCUT2D eigenvalue weighted by Crippen LogP contribution is -1.99. The monoisotopic (exact) mass is 240 g/mol. The van der Waals surface area contributed by atoms with Gasteiger partial charge in [0.25, 0.3) is 0 Å². The highest BCUT2D eigenvalue weighted by Gasteiger charge is 1.97. The SMILES string of the molecule is O=C(Cl)CCCCOCCCC(=O)Cl. The van der Waals surface area contributed by atoms with Gasteiger partial charge in [0, 0.05) is 26.1 Å². The molecule has 0 fully saturated rings. The first-order chi connectivity index (χ1) is 6.63.